The number of rotatable bonds is 1. The van der Waals surface area contributed by atoms with E-state index in [0.717, 1.165) is 31.0 Å². The van der Waals surface area contributed by atoms with Gasteiger partial charge in [-0.2, -0.15) is 11.8 Å². The van der Waals surface area contributed by atoms with Crippen molar-refractivity contribution >= 4 is 17.7 Å². The van der Waals surface area contributed by atoms with Gasteiger partial charge in [0.05, 0.1) is 6.04 Å². The summed E-state index contributed by atoms with van der Waals surface area (Å²) in [6.07, 6.45) is 2.33. The molecule has 98 valence electrons. The summed E-state index contributed by atoms with van der Waals surface area (Å²) in [5.41, 5.74) is 0.0969. The maximum Gasteiger partial charge on any atom is 0.240 e. The third kappa shape index (κ3) is 2.79. The molecule has 0 radical (unpaired) electrons. The molecule has 2 aliphatic heterocycles. The summed E-state index contributed by atoms with van der Waals surface area (Å²) in [7, 11) is 0. The molecule has 0 aliphatic carbocycles. The van der Waals surface area contributed by atoms with Crippen LogP contribution in [0.2, 0.25) is 0 Å². The van der Waals surface area contributed by atoms with E-state index in [9.17, 15) is 4.79 Å². The lowest BCUT2D eigenvalue weighted by Crippen LogP contribution is -2.59. The number of carbonyl (C=O) groups is 1. The molecule has 0 aromatic rings. The van der Waals surface area contributed by atoms with Crippen LogP contribution in [-0.4, -0.2) is 47.5 Å². The fourth-order valence-electron chi connectivity index (χ4n) is 2.85. The van der Waals surface area contributed by atoms with Crippen LogP contribution in [0.4, 0.5) is 0 Å². The average molecular weight is 256 g/mol. The highest BCUT2D eigenvalue weighted by Gasteiger charge is 2.40. The minimum absolute atomic E-state index is 0.0156. The second-order valence-electron chi connectivity index (χ2n) is 5.93. The van der Waals surface area contributed by atoms with E-state index in [0.29, 0.717) is 11.9 Å². The Labute approximate surface area is 109 Å². The topological polar surface area (TPSA) is 32.3 Å². The van der Waals surface area contributed by atoms with Crippen molar-refractivity contribution in [3.05, 3.63) is 0 Å². The Bertz CT molecular complexity index is 293. The van der Waals surface area contributed by atoms with Gasteiger partial charge < -0.3 is 10.2 Å². The van der Waals surface area contributed by atoms with Gasteiger partial charge in [0.1, 0.15) is 0 Å². The zero-order valence-corrected chi connectivity index (χ0v) is 12.0. The normalized spacial score (nSPS) is 33.5. The van der Waals surface area contributed by atoms with Crippen LogP contribution >= 0.6 is 11.8 Å². The molecular weight excluding hydrogens is 232 g/mol. The SMILES string of the molecule is CC1CSCCN1C(=O)C1NCCCC1(C)C. The van der Waals surface area contributed by atoms with Crippen LogP contribution in [0.3, 0.4) is 0 Å². The molecular formula is C13H24N2OS. The molecule has 2 saturated heterocycles. The third-order valence-corrected chi connectivity index (χ3v) is 5.21. The van der Waals surface area contributed by atoms with Crippen LogP contribution in [0, 0.1) is 5.41 Å². The molecule has 2 atom stereocenters. The van der Waals surface area contributed by atoms with Gasteiger partial charge in [0.15, 0.2) is 0 Å². The predicted octanol–water partition coefficient (Wildman–Crippen LogP) is 1.73. The van der Waals surface area contributed by atoms with Crippen molar-refractivity contribution in [3.8, 4) is 0 Å². The highest BCUT2D eigenvalue weighted by Crippen LogP contribution is 2.32. The molecule has 4 heteroatoms. The number of hydrogen-bond acceptors (Lipinski definition) is 3. The smallest absolute Gasteiger partial charge is 0.240 e. The number of thioether (sulfide) groups is 1. The van der Waals surface area contributed by atoms with Gasteiger partial charge in [-0.3, -0.25) is 4.79 Å². The van der Waals surface area contributed by atoms with E-state index in [2.05, 4.69) is 31.0 Å². The van der Waals surface area contributed by atoms with E-state index < -0.39 is 0 Å². The molecule has 2 aliphatic rings. The molecule has 2 heterocycles. The molecule has 0 spiro atoms. The van der Waals surface area contributed by atoms with Crippen LogP contribution in [0.15, 0.2) is 0 Å². The number of piperidine rings is 1. The van der Waals surface area contributed by atoms with Gasteiger partial charge in [-0.25, -0.2) is 0 Å². The summed E-state index contributed by atoms with van der Waals surface area (Å²) in [4.78, 5) is 14.7. The van der Waals surface area contributed by atoms with Crippen molar-refractivity contribution < 1.29 is 4.79 Å². The van der Waals surface area contributed by atoms with Gasteiger partial charge in [-0.05, 0) is 31.7 Å². The Balaban J connectivity index is 2.07. The molecule has 2 rings (SSSR count). The monoisotopic (exact) mass is 256 g/mol. The Morgan fingerprint density at radius 3 is 2.88 bits per heavy atom. The minimum Gasteiger partial charge on any atom is -0.337 e. The largest absolute Gasteiger partial charge is 0.337 e. The van der Waals surface area contributed by atoms with Crippen molar-refractivity contribution in [1.82, 2.24) is 10.2 Å². The minimum atomic E-state index is 0.0156. The van der Waals surface area contributed by atoms with Crippen molar-refractivity contribution in [2.75, 3.05) is 24.6 Å². The Hall–Kier alpha value is -0.220. The molecule has 17 heavy (non-hydrogen) atoms. The van der Waals surface area contributed by atoms with Crippen molar-refractivity contribution in [2.24, 2.45) is 5.41 Å². The standard InChI is InChI=1S/C13H24N2OS/c1-10-9-17-8-7-15(10)12(16)11-13(2,3)5-4-6-14-11/h10-11,14H,4-9H2,1-3H3. The molecule has 0 aromatic carbocycles. The van der Waals surface area contributed by atoms with Crippen LogP contribution in [0.25, 0.3) is 0 Å². The summed E-state index contributed by atoms with van der Waals surface area (Å²) in [6, 6.07) is 0.405. The van der Waals surface area contributed by atoms with E-state index >= 15 is 0 Å². The van der Waals surface area contributed by atoms with E-state index in [4.69, 9.17) is 0 Å². The molecule has 1 N–H and O–H groups in total. The average Bonchev–Trinajstić information content (AvgIpc) is 2.28. The van der Waals surface area contributed by atoms with E-state index in [-0.39, 0.29) is 11.5 Å². The van der Waals surface area contributed by atoms with Crippen LogP contribution in [-0.2, 0) is 4.79 Å². The van der Waals surface area contributed by atoms with Crippen molar-refractivity contribution in [1.29, 1.82) is 0 Å². The maximum atomic E-state index is 12.6. The highest BCUT2D eigenvalue weighted by molar-refractivity contribution is 7.99. The zero-order chi connectivity index (χ0) is 12.5. The fraction of sp³-hybridized carbons (Fsp3) is 0.923. The molecule has 2 fully saturated rings. The molecule has 0 bridgehead atoms. The first kappa shape index (κ1) is 13.2. The lowest BCUT2D eigenvalue weighted by Gasteiger charge is -2.43. The second kappa shape index (κ2) is 5.19. The van der Waals surface area contributed by atoms with Gasteiger partial charge in [-0.15, -0.1) is 0 Å². The van der Waals surface area contributed by atoms with E-state index in [1.165, 1.54) is 6.42 Å². The number of carbonyl (C=O) groups excluding carboxylic acids is 1. The summed E-state index contributed by atoms with van der Waals surface area (Å²) < 4.78 is 0. The Morgan fingerprint density at radius 1 is 1.47 bits per heavy atom. The van der Waals surface area contributed by atoms with Crippen molar-refractivity contribution in [3.63, 3.8) is 0 Å². The van der Waals surface area contributed by atoms with Crippen molar-refractivity contribution in [2.45, 2.75) is 45.7 Å². The Morgan fingerprint density at radius 2 is 2.24 bits per heavy atom. The lowest BCUT2D eigenvalue weighted by molar-refractivity contribution is -0.138. The summed E-state index contributed by atoms with van der Waals surface area (Å²) >= 11 is 1.96. The first-order valence-corrected chi connectivity index (χ1v) is 7.79. The molecule has 0 saturated carbocycles. The van der Waals surface area contributed by atoms with Crippen LogP contribution in [0.1, 0.15) is 33.6 Å². The van der Waals surface area contributed by atoms with Crippen LogP contribution in [0.5, 0.6) is 0 Å². The number of nitrogens with one attached hydrogen (secondary N) is 1. The van der Waals surface area contributed by atoms with Gasteiger partial charge in [0.2, 0.25) is 5.91 Å². The molecule has 0 aromatic heterocycles. The molecule has 2 unspecified atom stereocenters. The molecule has 3 nitrogen and oxygen atoms in total. The second-order valence-corrected chi connectivity index (χ2v) is 7.08. The first-order valence-electron chi connectivity index (χ1n) is 6.64. The zero-order valence-electron chi connectivity index (χ0n) is 11.2. The third-order valence-electron chi connectivity index (χ3n) is 4.03. The van der Waals surface area contributed by atoms with Gasteiger partial charge in [-0.1, -0.05) is 13.8 Å². The van der Waals surface area contributed by atoms with E-state index in [1.54, 1.807) is 0 Å². The van der Waals surface area contributed by atoms with Gasteiger partial charge in [0.25, 0.3) is 0 Å². The first-order chi connectivity index (χ1) is 8.02. The lowest BCUT2D eigenvalue weighted by atomic mass is 9.77. The van der Waals surface area contributed by atoms with E-state index in [1.807, 2.05) is 11.8 Å². The highest BCUT2D eigenvalue weighted by atomic mass is 32.2. The summed E-state index contributed by atoms with van der Waals surface area (Å²) in [6.45, 7) is 8.49. The number of nitrogens with zero attached hydrogens (tertiary/aromatic N) is 1. The van der Waals surface area contributed by atoms with Gasteiger partial charge in [0, 0.05) is 24.1 Å². The summed E-state index contributed by atoms with van der Waals surface area (Å²) in [5.74, 6) is 2.49. The number of amides is 1. The fourth-order valence-corrected chi connectivity index (χ4v) is 3.87. The maximum absolute atomic E-state index is 12.6. The summed E-state index contributed by atoms with van der Waals surface area (Å²) in [5, 5.41) is 3.43. The predicted molar refractivity (Wildman–Crippen MR) is 73.3 cm³/mol. The Kier molecular flexibility index (Phi) is 4.03. The van der Waals surface area contributed by atoms with Crippen LogP contribution < -0.4 is 5.32 Å². The van der Waals surface area contributed by atoms with Gasteiger partial charge >= 0.3 is 0 Å². The quantitative estimate of drug-likeness (QED) is 0.775. The number of hydrogen-bond donors (Lipinski definition) is 1. The molecule has 1 amide bonds.